The third kappa shape index (κ3) is 7.59. The Hall–Kier alpha value is -0.840. The fourth-order valence-electron chi connectivity index (χ4n) is 5.43. The molecule has 0 aromatic heterocycles. The van der Waals surface area contributed by atoms with Gasteiger partial charge in [0.15, 0.2) is 25.2 Å². The van der Waals surface area contributed by atoms with Crippen LogP contribution in [-0.2, 0) is 33.2 Å². The normalized spacial score (nSPS) is 52.9. The zero-order valence-electron chi connectivity index (χ0n) is 23.5. The van der Waals surface area contributed by atoms with Crippen LogP contribution < -0.4 is 0 Å². The van der Waals surface area contributed by atoms with Crippen LogP contribution in [0.5, 0.6) is 0 Å². The standard InChI is InChI=1S/C24H42O21/c25-1-5-9(28)13(32)15(34)22(41-5)39-4-8-10(29)14(33)16(35)23(43-8)45-20-12(31)7(3-27)42-24(18(20)37)44-19-11(30)6(2-26)40-21(38)17(19)36/h5-38H,1-4H2/t5-,6-,7-,8-,9-,10-,11-,12-,13+,14+,15+,16+,17+,18+,19+,20+,21+,22+,23-,24-/m1/s1. The quantitative estimate of drug-likeness (QED) is 0.103. The summed E-state index contributed by atoms with van der Waals surface area (Å²) in [4.78, 5) is 0. The molecule has 20 atom stereocenters. The number of hydrogen-bond donors (Lipinski definition) is 14. The molecule has 264 valence electrons. The highest BCUT2D eigenvalue weighted by molar-refractivity contribution is 4.97. The Kier molecular flexibility index (Phi) is 12.8. The van der Waals surface area contributed by atoms with Gasteiger partial charge in [-0.1, -0.05) is 0 Å². The predicted molar refractivity (Wildman–Crippen MR) is 134 cm³/mol. The summed E-state index contributed by atoms with van der Waals surface area (Å²) in [5.74, 6) is 0. The van der Waals surface area contributed by atoms with Crippen molar-refractivity contribution in [2.45, 2.75) is 123 Å². The van der Waals surface area contributed by atoms with Crippen molar-refractivity contribution in [3.63, 3.8) is 0 Å². The van der Waals surface area contributed by atoms with E-state index >= 15 is 0 Å². The van der Waals surface area contributed by atoms with Gasteiger partial charge in [-0.2, -0.15) is 0 Å². The minimum Gasteiger partial charge on any atom is -0.394 e. The van der Waals surface area contributed by atoms with E-state index in [0.29, 0.717) is 0 Å². The van der Waals surface area contributed by atoms with Gasteiger partial charge in [0.2, 0.25) is 0 Å². The van der Waals surface area contributed by atoms with E-state index < -0.39 is 149 Å². The van der Waals surface area contributed by atoms with Crippen molar-refractivity contribution in [2.24, 2.45) is 0 Å². The van der Waals surface area contributed by atoms with Crippen molar-refractivity contribution < 1.29 is 105 Å². The van der Waals surface area contributed by atoms with Gasteiger partial charge >= 0.3 is 0 Å². The van der Waals surface area contributed by atoms with E-state index in [0.717, 1.165) is 0 Å². The topological polar surface area (TPSA) is 348 Å². The number of hydrogen-bond acceptors (Lipinski definition) is 21. The Balaban J connectivity index is 1.46. The van der Waals surface area contributed by atoms with E-state index in [9.17, 15) is 71.5 Å². The lowest BCUT2D eigenvalue weighted by molar-refractivity contribution is -0.381. The largest absolute Gasteiger partial charge is 0.394 e. The molecular weight excluding hydrogens is 624 g/mol. The molecular formula is C24H42O21. The van der Waals surface area contributed by atoms with Crippen molar-refractivity contribution in [3.8, 4) is 0 Å². The van der Waals surface area contributed by atoms with E-state index in [1.165, 1.54) is 0 Å². The number of aliphatic hydroxyl groups is 14. The van der Waals surface area contributed by atoms with Crippen molar-refractivity contribution in [1.29, 1.82) is 0 Å². The Morgan fingerprint density at radius 3 is 1.33 bits per heavy atom. The second-order valence-corrected chi connectivity index (χ2v) is 11.2. The van der Waals surface area contributed by atoms with E-state index in [1.54, 1.807) is 0 Å². The number of aliphatic hydroxyl groups excluding tert-OH is 14. The Morgan fingerprint density at radius 2 is 0.778 bits per heavy atom. The summed E-state index contributed by atoms with van der Waals surface area (Å²) >= 11 is 0. The maximum absolute atomic E-state index is 11.0. The van der Waals surface area contributed by atoms with Gasteiger partial charge in [0.1, 0.15) is 97.7 Å². The monoisotopic (exact) mass is 666 g/mol. The minimum absolute atomic E-state index is 0.703. The summed E-state index contributed by atoms with van der Waals surface area (Å²) in [6.45, 7) is -3.14. The lowest BCUT2D eigenvalue weighted by Gasteiger charge is -2.48. The highest BCUT2D eigenvalue weighted by atomic mass is 16.8. The molecule has 4 aliphatic rings. The second kappa shape index (κ2) is 15.6. The van der Waals surface area contributed by atoms with Crippen LogP contribution in [-0.4, -0.2) is 221 Å². The molecule has 45 heavy (non-hydrogen) atoms. The van der Waals surface area contributed by atoms with Crippen LogP contribution >= 0.6 is 0 Å². The highest BCUT2D eigenvalue weighted by Gasteiger charge is 2.54. The van der Waals surface area contributed by atoms with Crippen molar-refractivity contribution in [1.82, 2.24) is 0 Å². The van der Waals surface area contributed by atoms with Gasteiger partial charge in [0.25, 0.3) is 0 Å². The first-order valence-corrected chi connectivity index (χ1v) is 14.1. The van der Waals surface area contributed by atoms with Crippen molar-refractivity contribution in [2.75, 3.05) is 26.4 Å². The molecule has 0 aromatic rings. The fraction of sp³-hybridized carbons (Fsp3) is 1.00. The molecule has 0 amide bonds. The van der Waals surface area contributed by atoms with Gasteiger partial charge < -0.3 is 105 Å². The van der Waals surface area contributed by atoms with Crippen LogP contribution in [0.15, 0.2) is 0 Å². The summed E-state index contributed by atoms with van der Waals surface area (Å²) in [6, 6.07) is 0. The smallest absolute Gasteiger partial charge is 0.187 e. The average molecular weight is 667 g/mol. The van der Waals surface area contributed by atoms with Crippen LogP contribution in [0, 0.1) is 0 Å². The third-order valence-corrected chi connectivity index (χ3v) is 8.19. The summed E-state index contributed by atoms with van der Waals surface area (Å²) in [6.07, 6.45) is -35.5. The summed E-state index contributed by atoms with van der Waals surface area (Å²) < 4.78 is 37.3. The van der Waals surface area contributed by atoms with E-state index in [1.807, 2.05) is 0 Å². The molecule has 0 aliphatic carbocycles. The molecule has 0 saturated carbocycles. The molecule has 21 heteroatoms. The third-order valence-electron chi connectivity index (χ3n) is 8.19. The zero-order valence-corrected chi connectivity index (χ0v) is 23.5. The zero-order chi connectivity index (χ0) is 33.3. The van der Waals surface area contributed by atoms with Crippen LogP contribution in [0.2, 0.25) is 0 Å². The first-order valence-electron chi connectivity index (χ1n) is 14.1. The first kappa shape index (κ1) is 37.0. The molecule has 4 heterocycles. The van der Waals surface area contributed by atoms with Crippen molar-refractivity contribution >= 4 is 0 Å². The predicted octanol–water partition coefficient (Wildman–Crippen LogP) is -9.75. The van der Waals surface area contributed by atoms with Gasteiger partial charge in [0, 0.05) is 0 Å². The van der Waals surface area contributed by atoms with Crippen LogP contribution in [0.1, 0.15) is 0 Å². The van der Waals surface area contributed by atoms with E-state index in [2.05, 4.69) is 0 Å². The summed E-state index contributed by atoms with van der Waals surface area (Å²) in [7, 11) is 0. The van der Waals surface area contributed by atoms with E-state index in [-0.39, 0.29) is 0 Å². The maximum atomic E-state index is 11.0. The van der Waals surface area contributed by atoms with Crippen LogP contribution in [0.4, 0.5) is 0 Å². The summed E-state index contributed by atoms with van der Waals surface area (Å²) in [5.41, 5.74) is 0. The molecule has 4 saturated heterocycles. The van der Waals surface area contributed by atoms with Gasteiger partial charge in [-0.15, -0.1) is 0 Å². The molecule has 0 aromatic carbocycles. The lowest BCUT2D eigenvalue weighted by Crippen LogP contribution is -2.67. The molecule has 14 N–H and O–H groups in total. The van der Waals surface area contributed by atoms with Crippen molar-refractivity contribution in [3.05, 3.63) is 0 Å². The van der Waals surface area contributed by atoms with Gasteiger partial charge in [-0.05, 0) is 0 Å². The Labute approximate surface area is 254 Å². The summed E-state index contributed by atoms with van der Waals surface area (Å²) in [5, 5.41) is 142. The SMILES string of the molecule is OC[C@H]1O[C@H](OC[C@H]2O[C@H](O[C@@H]3[C@H](O)[C@@H](O[C@@H]4[C@H](O)[C@@H](O)O[C@H](CO)[C@H]4O)O[C@H](CO)[C@H]3O)[C@@H](O)[C@@H](O)[C@@H]2O)[C@@H](O)[C@@H](O)[C@@H]1O. The molecule has 4 rings (SSSR count). The molecule has 4 aliphatic heterocycles. The van der Waals surface area contributed by atoms with E-state index in [4.69, 9.17) is 33.2 Å². The molecule has 0 unspecified atom stereocenters. The molecule has 21 nitrogen and oxygen atoms in total. The van der Waals surface area contributed by atoms with Gasteiger partial charge in [0.05, 0.1) is 26.4 Å². The highest BCUT2D eigenvalue weighted by Crippen LogP contribution is 2.33. The maximum Gasteiger partial charge on any atom is 0.187 e. The molecule has 0 bridgehead atoms. The van der Waals surface area contributed by atoms with Gasteiger partial charge in [-0.3, -0.25) is 0 Å². The van der Waals surface area contributed by atoms with Crippen LogP contribution in [0.3, 0.4) is 0 Å². The average Bonchev–Trinajstić information content (AvgIpc) is 3.02. The molecule has 0 spiro atoms. The van der Waals surface area contributed by atoms with Gasteiger partial charge in [-0.25, -0.2) is 0 Å². The van der Waals surface area contributed by atoms with Crippen LogP contribution in [0.25, 0.3) is 0 Å². The second-order valence-electron chi connectivity index (χ2n) is 11.2. The Morgan fingerprint density at radius 1 is 0.378 bits per heavy atom. The first-order chi connectivity index (χ1) is 21.2. The number of ether oxygens (including phenoxy) is 7. The number of rotatable bonds is 10. The fourth-order valence-corrected chi connectivity index (χ4v) is 5.43. The Bertz CT molecular complexity index is 916. The molecule has 4 fully saturated rings. The minimum atomic E-state index is -2.03. The molecule has 0 radical (unpaired) electrons. The lowest BCUT2D eigenvalue weighted by atomic mass is 9.96.